The van der Waals surface area contributed by atoms with Crippen LogP contribution in [0.3, 0.4) is 0 Å². The predicted molar refractivity (Wildman–Crippen MR) is 145 cm³/mol. The molecule has 0 saturated carbocycles. The van der Waals surface area contributed by atoms with E-state index in [0.29, 0.717) is 24.0 Å². The quantitative estimate of drug-likeness (QED) is 0.313. The Labute approximate surface area is 226 Å². The number of esters is 2. The minimum Gasteiger partial charge on any atom is -0.454 e. The number of carbonyl (C=O) groups excluding carboxylic acids is 2. The van der Waals surface area contributed by atoms with Crippen LogP contribution in [0, 0.1) is 5.92 Å². The van der Waals surface area contributed by atoms with Crippen LogP contribution in [-0.2, 0) is 18.9 Å². The number of hydrogen-bond donors (Lipinski definition) is 2. The zero-order chi connectivity index (χ0) is 27.9. The van der Waals surface area contributed by atoms with E-state index in [-0.39, 0.29) is 24.2 Å². The molecule has 2 aromatic carbocycles. The van der Waals surface area contributed by atoms with Crippen molar-refractivity contribution in [3.05, 3.63) is 71.8 Å². The van der Waals surface area contributed by atoms with Crippen molar-refractivity contribution in [1.82, 2.24) is 0 Å². The third-order valence-corrected chi connectivity index (χ3v) is 11.2. The lowest BCUT2D eigenvalue weighted by atomic mass is 9.86. The molecule has 1 aliphatic heterocycles. The summed E-state index contributed by atoms with van der Waals surface area (Å²) in [6, 6.07) is 17.1. The van der Waals surface area contributed by atoms with Crippen molar-refractivity contribution >= 4 is 20.3 Å². The van der Waals surface area contributed by atoms with Gasteiger partial charge >= 0.3 is 11.9 Å². The summed E-state index contributed by atoms with van der Waals surface area (Å²) >= 11 is 0. The van der Waals surface area contributed by atoms with Crippen molar-refractivity contribution in [2.75, 3.05) is 13.2 Å². The third-order valence-electron chi connectivity index (χ3n) is 7.59. The van der Waals surface area contributed by atoms with Gasteiger partial charge in [0.1, 0.15) is 6.10 Å². The highest BCUT2D eigenvalue weighted by atomic mass is 28.4. The van der Waals surface area contributed by atoms with E-state index in [0.717, 1.165) is 0 Å². The molecule has 0 radical (unpaired) electrons. The van der Waals surface area contributed by atoms with E-state index < -0.39 is 44.9 Å². The van der Waals surface area contributed by atoms with Crippen LogP contribution in [0.25, 0.3) is 0 Å². The molecule has 1 heterocycles. The van der Waals surface area contributed by atoms with Crippen molar-refractivity contribution in [2.24, 2.45) is 5.92 Å². The second kappa shape index (κ2) is 13.0. The number of rotatable bonds is 11. The molecule has 0 amide bonds. The molecule has 2 aromatic rings. The van der Waals surface area contributed by atoms with Crippen molar-refractivity contribution in [1.29, 1.82) is 0 Å². The molecule has 3 rings (SSSR count). The molecule has 0 spiro atoms. The first-order chi connectivity index (χ1) is 17.9. The Bertz CT molecular complexity index is 1040. The van der Waals surface area contributed by atoms with Crippen molar-refractivity contribution in [3.63, 3.8) is 0 Å². The van der Waals surface area contributed by atoms with Crippen molar-refractivity contribution in [3.8, 4) is 0 Å². The van der Waals surface area contributed by atoms with Gasteiger partial charge in [-0.05, 0) is 55.2 Å². The van der Waals surface area contributed by atoms with Crippen LogP contribution in [0.15, 0.2) is 60.7 Å². The Hall–Kier alpha value is -2.56. The molecule has 0 bridgehead atoms. The van der Waals surface area contributed by atoms with Gasteiger partial charge in [-0.15, -0.1) is 0 Å². The van der Waals surface area contributed by atoms with E-state index in [4.69, 9.17) is 18.9 Å². The molecule has 5 unspecified atom stereocenters. The summed E-state index contributed by atoms with van der Waals surface area (Å²) in [7, 11) is -2.46. The monoisotopic (exact) mass is 544 g/mol. The predicted octanol–water partition coefficient (Wildman–Crippen LogP) is 4.57. The van der Waals surface area contributed by atoms with Crippen LogP contribution in [-0.4, -0.2) is 68.0 Å². The maximum absolute atomic E-state index is 13.1. The van der Waals surface area contributed by atoms with E-state index in [1.807, 2.05) is 33.9 Å². The van der Waals surface area contributed by atoms with Gasteiger partial charge in [0, 0.05) is 5.92 Å². The largest absolute Gasteiger partial charge is 0.454 e. The normalized spacial score (nSPS) is 24.0. The molecule has 2 N–H and O–H groups in total. The lowest BCUT2D eigenvalue weighted by Crippen LogP contribution is -2.57. The molecule has 1 saturated heterocycles. The fourth-order valence-corrected chi connectivity index (χ4v) is 5.07. The average molecular weight is 545 g/mol. The standard InChI is InChI=1S/C29H40O8Si/c1-20-23(16-17-29(2,3)38(4,5)33)35-28(34-19-18-30)25(37-27(32)22-14-10-7-11-15-22)24(20)36-26(31)21-12-8-6-9-13-21/h6-15,20,23-25,28,30,33H,16-19H2,1-5H3. The smallest absolute Gasteiger partial charge is 0.338 e. The number of aliphatic hydroxyl groups excluding tert-OH is 1. The van der Waals surface area contributed by atoms with Gasteiger partial charge in [0.15, 0.2) is 20.7 Å². The van der Waals surface area contributed by atoms with Gasteiger partial charge in [0.05, 0.1) is 30.4 Å². The second-order valence-corrected chi connectivity index (χ2v) is 15.4. The minimum atomic E-state index is -2.46. The Morgan fingerprint density at radius 3 is 1.89 bits per heavy atom. The molecule has 9 heteroatoms. The van der Waals surface area contributed by atoms with Crippen LogP contribution in [0.2, 0.25) is 18.1 Å². The number of ether oxygens (including phenoxy) is 4. The average Bonchev–Trinajstić information content (AvgIpc) is 2.89. The zero-order valence-electron chi connectivity index (χ0n) is 22.8. The molecule has 1 fully saturated rings. The molecule has 1 aliphatic rings. The molecule has 0 aliphatic carbocycles. The number of aliphatic hydroxyl groups is 1. The summed E-state index contributed by atoms with van der Waals surface area (Å²) in [5, 5.41) is 9.14. The van der Waals surface area contributed by atoms with E-state index in [2.05, 4.69) is 0 Å². The molecule has 0 aromatic heterocycles. The van der Waals surface area contributed by atoms with Crippen LogP contribution in [0.1, 0.15) is 54.3 Å². The van der Waals surface area contributed by atoms with Crippen molar-refractivity contribution in [2.45, 2.75) is 76.3 Å². The second-order valence-electron chi connectivity index (χ2n) is 10.9. The molecule has 5 atom stereocenters. The number of carbonyl (C=O) groups is 2. The van der Waals surface area contributed by atoms with Gasteiger partial charge in [-0.2, -0.15) is 0 Å². The maximum atomic E-state index is 13.1. The number of hydrogen-bond acceptors (Lipinski definition) is 8. The first-order valence-corrected chi connectivity index (χ1v) is 16.0. The van der Waals surface area contributed by atoms with Crippen LogP contribution >= 0.6 is 0 Å². The Morgan fingerprint density at radius 2 is 1.42 bits per heavy atom. The van der Waals surface area contributed by atoms with Gasteiger partial charge in [-0.3, -0.25) is 0 Å². The summed E-state index contributed by atoms with van der Waals surface area (Å²) in [4.78, 5) is 36.9. The first kappa shape index (κ1) is 30.0. The van der Waals surface area contributed by atoms with Gasteiger partial charge in [0.2, 0.25) is 0 Å². The summed E-state index contributed by atoms with van der Waals surface area (Å²) in [6.07, 6.45) is -2.16. The van der Waals surface area contributed by atoms with E-state index in [9.17, 15) is 19.5 Å². The first-order valence-electron chi connectivity index (χ1n) is 13.1. The van der Waals surface area contributed by atoms with E-state index >= 15 is 0 Å². The summed E-state index contributed by atoms with van der Waals surface area (Å²) < 4.78 is 24.0. The topological polar surface area (TPSA) is 112 Å². The number of benzene rings is 2. The van der Waals surface area contributed by atoms with Gasteiger partial charge in [0.25, 0.3) is 0 Å². The molecule has 38 heavy (non-hydrogen) atoms. The summed E-state index contributed by atoms with van der Waals surface area (Å²) in [5.41, 5.74) is 0.714. The van der Waals surface area contributed by atoms with Crippen molar-refractivity contribution < 1.29 is 38.4 Å². The zero-order valence-corrected chi connectivity index (χ0v) is 23.8. The third kappa shape index (κ3) is 7.51. The van der Waals surface area contributed by atoms with Gasteiger partial charge in [-0.1, -0.05) is 57.2 Å². The molecular weight excluding hydrogens is 504 g/mol. The lowest BCUT2D eigenvalue weighted by Gasteiger charge is -2.45. The van der Waals surface area contributed by atoms with Crippen LogP contribution < -0.4 is 0 Å². The highest BCUT2D eigenvalue weighted by Gasteiger charge is 2.50. The Balaban J connectivity index is 1.91. The molecule has 208 valence electrons. The summed E-state index contributed by atoms with van der Waals surface area (Å²) in [5.74, 6) is -1.50. The fraction of sp³-hybridized carbons (Fsp3) is 0.517. The Kier molecular flexibility index (Phi) is 10.3. The van der Waals surface area contributed by atoms with Crippen LogP contribution in [0.4, 0.5) is 0 Å². The van der Waals surface area contributed by atoms with Crippen LogP contribution in [0.5, 0.6) is 0 Å². The van der Waals surface area contributed by atoms with Gasteiger partial charge in [-0.25, -0.2) is 9.59 Å². The fourth-order valence-electron chi connectivity index (χ4n) is 4.31. The van der Waals surface area contributed by atoms with E-state index in [1.54, 1.807) is 60.7 Å². The lowest BCUT2D eigenvalue weighted by molar-refractivity contribution is -0.284. The maximum Gasteiger partial charge on any atom is 0.338 e. The van der Waals surface area contributed by atoms with Gasteiger partial charge < -0.3 is 28.8 Å². The highest BCUT2D eigenvalue weighted by molar-refractivity contribution is 6.72. The Morgan fingerprint density at radius 1 is 0.921 bits per heavy atom. The molecule has 8 nitrogen and oxygen atoms in total. The summed E-state index contributed by atoms with van der Waals surface area (Å²) in [6.45, 7) is 9.50. The highest BCUT2D eigenvalue weighted by Crippen LogP contribution is 2.43. The molecular formula is C29H40O8Si. The SMILES string of the molecule is CC1C(CCC(C)(C)[Si](C)(C)O)OC(OCCO)C(OC(=O)c2ccccc2)C1OC(=O)c1ccccc1. The van der Waals surface area contributed by atoms with E-state index in [1.165, 1.54) is 0 Å². The minimum absolute atomic E-state index is 0.0490.